The molecule has 0 bridgehead atoms. The number of amides is 2. The normalized spacial score (nSPS) is 13.7. The molecule has 1 N–H and O–H groups in total. The molecule has 0 saturated heterocycles. The molecule has 0 aromatic heterocycles. The zero-order chi connectivity index (χ0) is 14.9. The van der Waals surface area contributed by atoms with Crippen molar-refractivity contribution in [2.24, 2.45) is 0 Å². The van der Waals surface area contributed by atoms with Crippen LogP contribution in [0.15, 0.2) is 16.6 Å². The number of nitrogens with zero attached hydrogens (tertiary/aromatic N) is 1. The summed E-state index contributed by atoms with van der Waals surface area (Å²) >= 11 is 3.14. The van der Waals surface area contributed by atoms with Crippen LogP contribution in [0.1, 0.15) is 23.7 Å². The average molecular weight is 343 g/mol. The Balaban J connectivity index is 2.27. The van der Waals surface area contributed by atoms with E-state index in [2.05, 4.69) is 21.2 Å². The number of hydrogen-bond donors (Lipinski definition) is 1. The lowest BCUT2D eigenvalue weighted by Crippen LogP contribution is -2.34. The number of carbonyl (C=O) groups is 3. The van der Waals surface area contributed by atoms with E-state index in [1.807, 2.05) is 0 Å². The second-order valence-electron chi connectivity index (χ2n) is 4.27. The summed E-state index contributed by atoms with van der Waals surface area (Å²) < 4.78 is 13.6. The Morgan fingerprint density at radius 2 is 2.10 bits per heavy atom. The molecule has 1 heterocycles. The third kappa shape index (κ3) is 2.58. The molecule has 0 unspecified atom stereocenters. The van der Waals surface area contributed by atoms with Crippen molar-refractivity contribution in [3.63, 3.8) is 0 Å². The first-order chi connectivity index (χ1) is 9.45. The summed E-state index contributed by atoms with van der Waals surface area (Å²) in [6, 6.07) is 2.22. The molecule has 0 spiro atoms. The molecule has 0 fully saturated rings. The number of ketones is 1. The van der Waals surface area contributed by atoms with E-state index in [4.69, 9.17) is 0 Å². The van der Waals surface area contributed by atoms with Crippen LogP contribution in [0.25, 0.3) is 0 Å². The molecule has 1 aromatic rings. The fraction of sp³-hybridized carbons (Fsp3) is 0.308. The number of nitrogens with one attached hydrogen (secondary N) is 1. The van der Waals surface area contributed by atoms with Gasteiger partial charge in [-0.25, -0.2) is 4.39 Å². The molecule has 0 atom stereocenters. The SMILES string of the molecule is CCNC(=O)CCN1C(=O)C(=O)c2cc(F)cc(Br)c21. The summed E-state index contributed by atoms with van der Waals surface area (Å²) in [6.07, 6.45) is 0.0795. The summed E-state index contributed by atoms with van der Waals surface area (Å²) in [5, 5.41) is 2.61. The number of halogens is 2. The third-order valence-electron chi connectivity index (χ3n) is 2.92. The van der Waals surface area contributed by atoms with Crippen LogP contribution in [0.5, 0.6) is 0 Å². The van der Waals surface area contributed by atoms with Crippen molar-refractivity contribution in [3.8, 4) is 0 Å². The van der Waals surface area contributed by atoms with Crippen LogP contribution in [-0.4, -0.2) is 30.7 Å². The summed E-state index contributed by atoms with van der Waals surface area (Å²) in [6.45, 7) is 2.36. The molecule has 20 heavy (non-hydrogen) atoms. The minimum absolute atomic E-state index is 0.0257. The summed E-state index contributed by atoms with van der Waals surface area (Å²) in [5.74, 6) is -2.30. The number of hydrogen-bond acceptors (Lipinski definition) is 3. The predicted octanol–water partition coefficient (Wildman–Crippen LogP) is 1.64. The molecule has 0 saturated carbocycles. The van der Waals surface area contributed by atoms with Gasteiger partial charge in [0, 0.05) is 24.0 Å². The van der Waals surface area contributed by atoms with E-state index < -0.39 is 17.5 Å². The Bertz CT molecular complexity index is 604. The lowest BCUT2D eigenvalue weighted by atomic mass is 10.1. The highest BCUT2D eigenvalue weighted by Crippen LogP contribution is 2.36. The Morgan fingerprint density at radius 3 is 2.75 bits per heavy atom. The van der Waals surface area contributed by atoms with Gasteiger partial charge < -0.3 is 10.2 Å². The number of carbonyl (C=O) groups excluding carboxylic acids is 3. The van der Waals surface area contributed by atoms with Crippen molar-refractivity contribution < 1.29 is 18.8 Å². The van der Waals surface area contributed by atoms with Gasteiger partial charge >= 0.3 is 0 Å². The van der Waals surface area contributed by atoms with Crippen molar-refractivity contribution in [2.75, 3.05) is 18.0 Å². The first-order valence-electron chi connectivity index (χ1n) is 6.07. The maximum atomic E-state index is 13.3. The van der Waals surface area contributed by atoms with Crippen molar-refractivity contribution in [2.45, 2.75) is 13.3 Å². The zero-order valence-corrected chi connectivity index (χ0v) is 12.3. The van der Waals surface area contributed by atoms with Crippen LogP contribution >= 0.6 is 15.9 Å². The van der Waals surface area contributed by atoms with Gasteiger partial charge in [-0.2, -0.15) is 0 Å². The molecule has 1 aromatic carbocycles. The number of Topliss-reactive ketones (excluding diaryl/α,β-unsaturated/α-hetero) is 1. The van der Waals surface area contributed by atoms with Gasteiger partial charge in [0.15, 0.2) is 0 Å². The third-order valence-corrected chi connectivity index (χ3v) is 3.52. The fourth-order valence-electron chi connectivity index (χ4n) is 2.06. The first-order valence-corrected chi connectivity index (χ1v) is 6.87. The van der Waals surface area contributed by atoms with E-state index in [0.29, 0.717) is 16.7 Å². The highest BCUT2D eigenvalue weighted by Gasteiger charge is 2.37. The summed E-state index contributed by atoms with van der Waals surface area (Å²) in [7, 11) is 0. The van der Waals surface area contributed by atoms with E-state index in [-0.39, 0.29) is 24.4 Å². The van der Waals surface area contributed by atoms with Gasteiger partial charge in [-0.3, -0.25) is 14.4 Å². The van der Waals surface area contributed by atoms with Crippen molar-refractivity contribution in [1.29, 1.82) is 0 Å². The zero-order valence-electron chi connectivity index (χ0n) is 10.7. The number of benzene rings is 1. The monoisotopic (exact) mass is 342 g/mol. The molecule has 5 nitrogen and oxygen atoms in total. The maximum absolute atomic E-state index is 13.3. The van der Waals surface area contributed by atoms with E-state index in [9.17, 15) is 18.8 Å². The van der Waals surface area contributed by atoms with E-state index in [1.165, 1.54) is 11.0 Å². The molecular weight excluding hydrogens is 331 g/mol. The average Bonchev–Trinajstić information content (AvgIpc) is 2.61. The number of fused-ring (bicyclic) bond motifs is 1. The minimum Gasteiger partial charge on any atom is -0.356 e. The Morgan fingerprint density at radius 1 is 1.40 bits per heavy atom. The van der Waals surface area contributed by atoms with Crippen molar-refractivity contribution in [1.82, 2.24) is 5.32 Å². The van der Waals surface area contributed by atoms with E-state index in [0.717, 1.165) is 6.07 Å². The predicted molar refractivity (Wildman–Crippen MR) is 74.1 cm³/mol. The fourth-order valence-corrected chi connectivity index (χ4v) is 2.71. The van der Waals surface area contributed by atoms with Gasteiger partial charge in [0.25, 0.3) is 11.7 Å². The standard InChI is InChI=1S/C13H12BrFN2O3/c1-2-16-10(18)3-4-17-11-8(12(19)13(17)20)5-7(15)6-9(11)14/h5-6H,2-4H2,1H3,(H,16,18). The largest absolute Gasteiger partial charge is 0.356 e. The van der Waals surface area contributed by atoms with Crippen molar-refractivity contribution >= 4 is 39.2 Å². The lowest BCUT2D eigenvalue weighted by Gasteiger charge is -2.17. The second kappa shape index (κ2) is 5.70. The Labute approximate surface area is 123 Å². The number of rotatable bonds is 4. The van der Waals surface area contributed by atoms with E-state index >= 15 is 0 Å². The van der Waals surface area contributed by atoms with Gasteiger partial charge in [0.1, 0.15) is 5.82 Å². The van der Waals surface area contributed by atoms with Crippen molar-refractivity contribution in [3.05, 3.63) is 28.0 Å². The highest BCUT2D eigenvalue weighted by atomic mass is 79.9. The number of anilines is 1. The topological polar surface area (TPSA) is 66.5 Å². The Hall–Kier alpha value is -1.76. The Kier molecular flexibility index (Phi) is 4.17. The van der Waals surface area contributed by atoms with Crippen LogP contribution in [0.2, 0.25) is 0 Å². The molecule has 106 valence electrons. The minimum atomic E-state index is -0.754. The molecule has 1 aliphatic rings. The van der Waals surface area contributed by atoms with Gasteiger partial charge in [-0.05, 0) is 35.0 Å². The molecule has 7 heteroatoms. The van der Waals surface area contributed by atoms with Crippen LogP contribution in [0, 0.1) is 5.82 Å². The quantitative estimate of drug-likeness (QED) is 0.846. The van der Waals surface area contributed by atoms with Gasteiger partial charge in [-0.15, -0.1) is 0 Å². The van der Waals surface area contributed by atoms with E-state index in [1.54, 1.807) is 6.92 Å². The van der Waals surface area contributed by atoms with Crippen LogP contribution in [-0.2, 0) is 9.59 Å². The van der Waals surface area contributed by atoms with Crippen LogP contribution in [0.3, 0.4) is 0 Å². The van der Waals surface area contributed by atoms with Crippen LogP contribution < -0.4 is 10.2 Å². The summed E-state index contributed by atoms with van der Waals surface area (Å²) in [4.78, 5) is 36.3. The summed E-state index contributed by atoms with van der Waals surface area (Å²) in [5.41, 5.74) is 0.350. The van der Waals surface area contributed by atoms with Crippen LogP contribution in [0.4, 0.5) is 10.1 Å². The lowest BCUT2D eigenvalue weighted by molar-refractivity contribution is -0.120. The molecule has 2 amide bonds. The molecule has 0 radical (unpaired) electrons. The first kappa shape index (κ1) is 14.6. The molecular formula is C13H12BrFN2O3. The van der Waals surface area contributed by atoms with Gasteiger partial charge in [0.05, 0.1) is 11.3 Å². The van der Waals surface area contributed by atoms with Gasteiger partial charge in [-0.1, -0.05) is 0 Å². The highest BCUT2D eigenvalue weighted by molar-refractivity contribution is 9.10. The molecule has 0 aliphatic carbocycles. The molecule has 1 aliphatic heterocycles. The smallest absolute Gasteiger partial charge is 0.299 e. The second-order valence-corrected chi connectivity index (χ2v) is 5.13. The maximum Gasteiger partial charge on any atom is 0.299 e. The molecule has 2 rings (SSSR count). The van der Waals surface area contributed by atoms with Gasteiger partial charge in [0.2, 0.25) is 5.91 Å².